The standard InChI is InChI=1S/C13H22N4/c1-4-5-11-15-12(14)9(2)13(16-11)17(3)8-10-6-7-10/h10H,4-8H2,1-3H3,(H2,14,15,16). The molecule has 1 heterocycles. The van der Waals surface area contributed by atoms with Gasteiger partial charge in [0.1, 0.15) is 17.5 Å². The highest BCUT2D eigenvalue weighted by Crippen LogP contribution is 2.31. The second-order valence-corrected chi connectivity index (χ2v) is 5.05. The Bertz CT molecular complexity index is 399. The van der Waals surface area contributed by atoms with E-state index in [1.165, 1.54) is 12.8 Å². The van der Waals surface area contributed by atoms with Crippen molar-refractivity contribution in [3.8, 4) is 0 Å². The number of hydrogen-bond acceptors (Lipinski definition) is 4. The summed E-state index contributed by atoms with van der Waals surface area (Å²) in [5.74, 6) is 3.35. The lowest BCUT2D eigenvalue weighted by Gasteiger charge is -2.21. The molecule has 0 aliphatic heterocycles. The van der Waals surface area contributed by atoms with Gasteiger partial charge in [-0.15, -0.1) is 0 Å². The van der Waals surface area contributed by atoms with Gasteiger partial charge >= 0.3 is 0 Å². The Hall–Kier alpha value is -1.32. The number of aryl methyl sites for hydroxylation is 1. The molecule has 1 aromatic rings. The van der Waals surface area contributed by atoms with E-state index < -0.39 is 0 Å². The van der Waals surface area contributed by atoms with Crippen molar-refractivity contribution in [3.05, 3.63) is 11.4 Å². The summed E-state index contributed by atoms with van der Waals surface area (Å²) in [4.78, 5) is 11.2. The van der Waals surface area contributed by atoms with E-state index in [2.05, 4.69) is 28.8 Å². The van der Waals surface area contributed by atoms with Crippen LogP contribution >= 0.6 is 0 Å². The van der Waals surface area contributed by atoms with Gasteiger partial charge in [0.2, 0.25) is 0 Å². The van der Waals surface area contributed by atoms with Gasteiger partial charge in [-0.25, -0.2) is 9.97 Å². The Morgan fingerprint density at radius 3 is 2.65 bits per heavy atom. The molecule has 0 unspecified atom stereocenters. The number of aromatic nitrogens is 2. The van der Waals surface area contributed by atoms with Gasteiger partial charge in [-0.1, -0.05) is 6.92 Å². The van der Waals surface area contributed by atoms with Crippen LogP contribution in [0.4, 0.5) is 11.6 Å². The molecule has 0 saturated heterocycles. The lowest BCUT2D eigenvalue weighted by atomic mass is 10.2. The number of rotatable bonds is 5. The Kier molecular flexibility index (Phi) is 3.50. The van der Waals surface area contributed by atoms with E-state index in [0.717, 1.165) is 42.5 Å². The van der Waals surface area contributed by atoms with E-state index in [9.17, 15) is 0 Å². The first-order valence-electron chi connectivity index (χ1n) is 6.46. The predicted molar refractivity (Wildman–Crippen MR) is 71.2 cm³/mol. The Balaban J connectivity index is 2.22. The molecule has 0 aromatic carbocycles. The van der Waals surface area contributed by atoms with E-state index >= 15 is 0 Å². The monoisotopic (exact) mass is 234 g/mol. The van der Waals surface area contributed by atoms with Crippen LogP contribution in [-0.2, 0) is 6.42 Å². The highest BCUT2D eigenvalue weighted by atomic mass is 15.2. The average molecular weight is 234 g/mol. The number of hydrogen-bond donors (Lipinski definition) is 1. The van der Waals surface area contributed by atoms with Crippen LogP contribution in [0, 0.1) is 12.8 Å². The van der Waals surface area contributed by atoms with Crippen molar-refractivity contribution in [1.29, 1.82) is 0 Å². The maximum Gasteiger partial charge on any atom is 0.137 e. The van der Waals surface area contributed by atoms with Gasteiger partial charge in [0.05, 0.1) is 0 Å². The van der Waals surface area contributed by atoms with Crippen LogP contribution in [0.2, 0.25) is 0 Å². The number of nitrogen functional groups attached to an aromatic ring is 1. The van der Waals surface area contributed by atoms with E-state index in [0.29, 0.717) is 5.82 Å². The molecule has 1 aromatic heterocycles. The minimum atomic E-state index is 0.626. The lowest BCUT2D eigenvalue weighted by molar-refractivity contribution is 0.758. The van der Waals surface area contributed by atoms with Crippen LogP contribution in [-0.4, -0.2) is 23.6 Å². The Morgan fingerprint density at radius 1 is 1.35 bits per heavy atom. The highest BCUT2D eigenvalue weighted by Gasteiger charge is 2.24. The summed E-state index contributed by atoms with van der Waals surface area (Å²) >= 11 is 0. The van der Waals surface area contributed by atoms with Gasteiger partial charge in [0.25, 0.3) is 0 Å². The molecule has 2 N–H and O–H groups in total. The topological polar surface area (TPSA) is 55.0 Å². The molecular weight excluding hydrogens is 212 g/mol. The summed E-state index contributed by atoms with van der Waals surface area (Å²) in [6.07, 6.45) is 4.65. The van der Waals surface area contributed by atoms with Crippen LogP contribution in [0.15, 0.2) is 0 Å². The zero-order valence-electron chi connectivity index (χ0n) is 11.0. The normalized spacial score (nSPS) is 15.0. The zero-order chi connectivity index (χ0) is 12.4. The van der Waals surface area contributed by atoms with Crippen LogP contribution in [0.1, 0.15) is 37.6 Å². The summed E-state index contributed by atoms with van der Waals surface area (Å²) in [5.41, 5.74) is 6.97. The highest BCUT2D eigenvalue weighted by molar-refractivity contribution is 5.56. The van der Waals surface area contributed by atoms with E-state index in [-0.39, 0.29) is 0 Å². The molecule has 4 heteroatoms. The van der Waals surface area contributed by atoms with Gasteiger partial charge in [0.15, 0.2) is 0 Å². The fraction of sp³-hybridized carbons (Fsp3) is 0.692. The van der Waals surface area contributed by atoms with Gasteiger partial charge in [0, 0.05) is 25.6 Å². The molecule has 0 spiro atoms. The van der Waals surface area contributed by atoms with Crippen LogP contribution in [0.5, 0.6) is 0 Å². The Labute approximate surface area is 103 Å². The molecule has 17 heavy (non-hydrogen) atoms. The van der Waals surface area contributed by atoms with Crippen molar-refractivity contribution in [2.75, 3.05) is 24.2 Å². The number of nitrogens with zero attached hydrogens (tertiary/aromatic N) is 3. The largest absolute Gasteiger partial charge is 0.383 e. The van der Waals surface area contributed by atoms with E-state index in [1.807, 2.05) is 6.92 Å². The molecule has 1 aliphatic rings. The van der Waals surface area contributed by atoms with Crippen molar-refractivity contribution < 1.29 is 0 Å². The number of anilines is 2. The van der Waals surface area contributed by atoms with Crippen LogP contribution in [0.25, 0.3) is 0 Å². The van der Waals surface area contributed by atoms with E-state index in [4.69, 9.17) is 5.73 Å². The quantitative estimate of drug-likeness (QED) is 0.848. The first-order chi connectivity index (χ1) is 8.11. The van der Waals surface area contributed by atoms with Gasteiger partial charge in [-0.05, 0) is 32.1 Å². The molecule has 94 valence electrons. The van der Waals surface area contributed by atoms with Crippen molar-refractivity contribution in [2.24, 2.45) is 5.92 Å². The molecule has 1 saturated carbocycles. The molecule has 0 atom stereocenters. The third kappa shape index (κ3) is 2.87. The van der Waals surface area contributed by atoms with Gasteiger partial charge < -0.3 is 10.6 Å². The second kappa shape index (κ2) is 4.90. The number of nitrogens with two attached hydrogens (primary N) is 1. The SMILES string of the molecule is CCCc1nc(N)c(C)c(N(C)CC2CC2)n1. The summed E-state index contributed by atoms with van der Waals surface area (Å²) in [7, 11) is 2.10. The van der Waals surface area contributed by atoms with Gasteiger partial charge in [-0.3, -0.25) is 0 Å². The fourth-order valence-corrected chi connectivity index (χ4v) is 2.05. The smallest absolute Gasteiger partial charge is 0.137 e. The van der Waals surface area contributed by atoms with Crippen molar-refractivity contribution in [2.45, 2.75) is 39.5 Å². The lowest BCUT2D eigenvalue weighted by Crippen LogP contribution is -2.23. The zero-order valence-corrected chi connectivity index (χ0v) is 11.0. The first kappa shape index (κ1) is 12.1. The molecular formula is C13H22N4. The predicted octanol–water partition coefficient (Wildman–Crippen LogP) is 2.17. The molecule has 4 nitrogen and oxygen atoms in total. The summed E-state index contributed by atoms with van der Waals surface area (Å²) in [5, 5.41) is 0. The molecule has 1 aliphatic carbocycles. The summed E-state index contributed by atoms with van der Waals surface area (Å²) < 4.78 is 0. The first-order valence-corrected chi connectivity index (χ1v) is 6.46. The minimum Gasteiger partial charge on any atom is -0.383 e. The van der Waals surface area contributed by atoms with Crippen molar-refractivity contribution in [1.82, 2.24) is 9.97 Å². The van der Waals surface area contributed by atoms with Crippen LogP contribution in [0.3, 0.4) is 0 Å². The maximum absolute atomic E-state index is 5.96. The molecule has 0 bridgehead atoms. The fourth-order valence-electron chi connectivity index (χ4n) is 2.05. The molecule has 0 radical (unpaired) electrons. The van der Waals surface area contributed by atoms with Crippen molar-refractivity contribution >= 4 is 11.6 Å². The average Bonchev–Trinajstić information content (AvgIpc) is 3.07. The summed E-state index contributed by atoms with van der Waals surface area (Å²) in [6.45, 7) is 5.22. The maximum atomic E-state index is 5.96. The van der Waals surface area contributed by atoms with Crippen molar-refractivity contribution in [3.63, 3.8) is 0 Å². The molecule has 1 fully saturated rings. The van der Waals surface area contributed by atoms with Crippen LogP contribution < -0.4 is 10.6 Å². The molecule has 0 amide bonds. The Morgan fingerprint density at radius 2 is 2.06 bits per heavy atom. The minimum absolute atomic E-state index is 0.626. The second-order valence-electron chi connectivity index (χ2n) is 5.05. The summed E-state index contributed by atoms with van der Waals surface area (Å²) in [6, 6.07) is 0. The molecule has 2 rings (SSSR count). The third-order valence-electron chi connectivity index (χ3n) is 3.27. The van der Waals surface area contributed by atoms with Gasteiger partial charge in [-0.2, -0.15) is 0 Å². The van der Waals surface area contributed by atoms with E-state index in [1.54, 1.807) is 0 Å². The third-order valence-corrected chi connectivity index (χ3v) is 3.27.